The topological polar surface area (TPSA) is 79.4 Å². The van der Waals surface area contributed by atoms with E-state index in [1.807, 2.05) is 18.2 Å². The highest BCUT2D eigenvalue weighted by molar-refractivity contribution is 6.01. The molecule has 0 saturated carbocycles. The lowest BCUT2D eigenvalue weighted by Crippen LogP contribution is -2.40. The molecule has 6 rings (SSSR count). The second-order valence-electron chi connectivity index (χ2n) is 7.34. The molecule has 1 atom stereocenters. The molecular weight excluding hydrogens is 385 g/mol. The van der Waals surface area contributed by atoms with E-state index in [1.165, 1.54) is 12.1 Å². The number of rotatable bonds is 2. The van der Waals surface area contributed by atoms with Crippen molar-refractivity contribution in [2.24, 2.45) is 0 Å². The first kappa shape index (κ1) is 17.0. The Kier molecular flexibility index (Phi) is 3.55. The highest BCUT2D eigenvalue weighted by Crippen LogP contribution is 2.37. The number of amides is 1. The molecule has 0 unspecified atom stereocenters. The van der Waals surface area contributed by atoms with Crippen LogP contribution in [0.2, 0.25) is 0 Å². The lowest BCUT2D eigenvalue weighted by Gasteiger charge is -2.33. The average Bonchev–Trinajstić information content (AvgIpc) is 3.49. The van der Waals surface area contributed by atoms with E-state index in [2.05, 4.69) is 15.1 Å². The molecule has 0 aliphatic carbocycles. The summed E-state index contributed by atoms with van der Waals surface area (Å²) in [4.78, 5) is 23.0. The second kappa shape index (κ2) is 6.28. The first-order valence-corrected chi connectivity index (χ1v) is 9.63. The van der Waals surface area contributed by atoms with Crippen LogP contribution >= 0.6 is 0 Å². The Morgan fingerprint density at radius 1 is 1.23 bits per heavy atom. The number of nitrogens with one attached hydrogen (secondary N) is 1. The Morgan fingerprint density at radius 2 is 2.17 bits per heavy atom. The highest BCUT2D eigenvalue weighted by atomic mass is 19.1. The van der Waals surface area contributed by atoms with Crippen molar-refractivity contribution in [1.29, 1.82) is 0 Å². The largest absolute Gasteiger partial charge is 0.458 e. The fourth-order valence-electron chi connectivity index (χ4n) is 4.21. The van der Waals surface area contributed by atoms with Crippen LogP contribution in [-0.2, 0) is 6.42 Å². The lowest BCUT2D eigenvalue weighted by atomic mass is 9.99. The van der Waals surface area contributed by atoms with E-state index in [0.29, 0.717) is 35.3 Å². The van der Waals surface area contributed by atoms with E-state index in [4.69, 9.17) is 4.42 Å². The predicted octanol–water partition coefficient (Wildman–Crippen LogP) is 3.73. The number of hydrogen-bond acceptors (Lipinski definition) is 4. The molecule has 0 radical (unpaired) electrons. The van der Waals surface area contributed by atoms with Gasteiger partial charge in [-0.2, -0.15) is 5.10 Å². The number of benzene rings is 1. The summed E-state index contributed by atoms with van der Waals surface area (Å²) in [5.41, 5.74) is 3.53. The van der Waals surface area contributed by atoms with Gasteiger partial charge in [-0.3, -0.25) is 4.79 Å². The van der Waals surface area contributed by atoms with Crippen LogP contribution < -0.4 is 0 Å². The van der Waals surface area contributed by atoms with Gasteiger partial charge in [0.05, 0.1) is 29.3 Å². The fraction of sp³-hybridized carbons (Fsp3) is 0.136. The molecule has 0 fully saturated rings. The smallest absolute Gasteiger partial charge is 0.258 e. The summed E-state index contributed by atoms with van der Waals surface area (Å²) in [5.74, 6) is 0.0631. The van der Waals surface area contributed by atoms with Crippen molar-refractivity contribution >= 4 is 22.4 Å². The van der Waals surface area contributed by atoms with Gasteiger partial charge in [-0.1, -0.05) is 6.07 Å². The van der Waals surface area contributed by atoms with Gasteiger partial charge in [-0.05, 0) is 36.4 Å². The van der Waals surface area contributed by atoms with E-state index in [9.17, 15) is 9.18 Å². The third-order valence-electron chi connectivity index (χ3n) is 5.61. The minimum Gasteiger partial charge on any atom is -0.458 e. The van der Waals surface area contributed by atoms with Gasteiger partial charge >= 0.3 is 0 Å². The summed E-state index contributed by atoms with van der Waals surface area (Å²) in [6.45, 7) is 0.494. The van der Waals surface area contributed by atoms with Crippen LogP contribution in [0, 0.1) is 5.82 Å². The summed E-state index contributed by atoms with van der Waals surface area (Å²) in [5, 5.41) is 4.94. The predicted molar refractivity (Wildman–Crippen MR) is 107 cm³/mol. The van der Waals surface area contributed by atoms with E-state index < -0.39 is 6.04 Å². The van der Waals surface area contributed by atoms with Crippen molar-refractivity contribution in [1.82, 2.24) is 24.5 Å². The summed E-state index contributed by atoms with van der Waals surface area (Å²) in [7, 11) is 0. The van der Waals surface area contributed by atoms with Crippen molar-refractivity contribution < 1.29 is 13.6 Å². The normalized spacial score (nSPS) is 16.3. The summed E-state index contributed by atoms with van der Waals surface area (Å²) < 4.78 is 21.4. The van der Waals surface area contributed by atoms with E-state index >= 15 is 0 Å². The van der Waals surface area contributed by atoms with Gasteiger partial charge in [0.15, 0.2) is 0 Å². The summed E-state index contributed by atoms with van der Waals surface area (Å²) in [6, 6.07) is 11.3. The highest BCUT2D eigenvalue weighted by Gasteiger charge is 2.37. The molecule has 0 bridgehead atoms. The Bertz CT molecular complexity index is 1420. The van der Waals surface area contributed by atoms with Crippen molar-refractivity contribution in [2.75, 3.05) is 6.54 Å². The molecule has 1 aliphatic rings. The van der Waals surface area contributed by atoms with Crippen LogP contribution in [-0.4, -0.2) is 36.9 Å². The molecule has 0 spiro atoms. The molecule has 30 heavy (non-hydrogen) atoms. The molecule has 1 N–H and O–H groups in total. The van der Waals surface area contributed by atoms with Crippen LogP contribution in [0.5, 0.6) is 0 Å². The number of H-pyrrole nitrogens is 1. The van der Waals surface area contributed by atoms with Crippen LogP contribution in [0.3, 0.4) is 0 Å². The zero-order chi connectivity index (χ0) is 20.2. The molecule has 148 valence electrons. The maximum absolute atomic E-state index is 13.7. The Labute approximate surface area is 169 Å². The van der Waals surface area contributed by atoms with E-state index in [1.54, 1.807) is 40.3 Å². The number of carbonyl (C=O) groups is 1. The maximum Gasteiger partial charge on any atom is 0.258 e. The molecule has 5 heterocycles. The lowest BCUT2D eigenvalue weighted by molar-refractivity contribution is 0.0675. The number of hydrogen-bond donors (Lipinski definition) is 1. The van der Waals surface area contributed by atoms with Gasteiger partial charge in [0, 0.05) is 30.2 Å². The van der Waals surface area contributed by atoms with Gasteiger partial charge in [-0.25, -0.2) is 13.9 Å². The number of pyridine rings is 1. The van der Waals surface area contributed by atoms with Crippen molar-refractivity contribution in [3.05, 3.63) is 89.7 Å². The number of carbonyl (C=O) groups excluding carboxylic acids is 1. The monoisotopic (exact) mass is 401 g/mol. The Balaban J connectivity index is 1.49. The Morgan fingerprint density at radius 3 is 3.10 bits per heavy atom. The summed E-state index contributed by atoms with van der Waals surface area (Å²) >= 11 is 0. The maximum atomic E-state index is 13.7. The zero-order valence-corrected chi connectivity index (χ0v) is 15.7. The average molecular weight is 401 g/mol. The molecular formula is C22H16FN5O2. The molecule has 1 amide bonds. The van der Waals surface area contributed by atoms with E-state index in [0.717, 1.165) is 16.9 Å². The standard InChI is InChI=1S/C22H16FN5O2/c23-14-4-5-18-13(9-14)10-19(30-18)21-20-16(24-12-25-20)6-8-27(21)22(29)15-11-26-28-7-2-1-3-17(15)28/h1-5,7,9-12,21H,6,8H2,(H,24,25)/t21-/m0/s1. The molecule has 1 aromatic carbocycles. The minimum absolute atomic E-state index is 0.151. The minimum atomic E-state index is -0.512. The molecule has 8 heteroatoms. The van der Waals surface area contributed by atoms with Gasteiger partial charge in [0.1, 0.15) is 23.2 Å². The quantitative estimate of drug-likeness (QED) is 0.489. The second-order valence-corrected chi connectivity index (χ2v) is 7.34. The summed E-state index contributed by atoms with van der Waals surface area (Å²) in [6.07, 6.45) is 5.68. The van der Waals surface area contributed by atoms with Crippen LogP contribution in [0.4, 0.5) is 4.39 Å². The fourth-order valence-corrected chi connectivity index (χ4v) is 4.21. The van der Waals surface area contributed by atoms with Gasteiger partial charge in [0.25, 0.3) is 5.91 Å². The molecule has 0 saturated heterocycles. The molecule has 7 nitrogen and oxygen atoms in total. The van der Waals surface area contributed by atoms with Gasteiger partial charge in [0.2, 0.25) is 0 Å². The molecule has 1 aliphatic heterocycles. The van der Waals surface area contributed by atoms with Crippen molar-refractivity contribution in [2.45, 2.75) is 12.5 Å². The van der Waals surface area contributed by atoms with Gasteiger partial charge < -0.3 is 14.3 Å². The number of halogens is 1. The zero-order valence-electron chi connectivity index (χ0n) is 15.7. The molecule has 4 aromatic heterocycles. The van der Waals surface area contributed by atoms with Crippen molar-refractivity contribution in [3.8, 4) is 0 Å². The number of furan rings is 1. The van der Waals surface area contributed by atoms with Gasteiger partial charge in [-0.15, -0.1) is 0 Å². The Hall–Kier alpha value is -3.94. The number of aromatic nitrogens is 4. The third-order valence-corrected chi connectivity index (χ3v) is 5.61. The van der Waals surface area contributed by atoms with Crippen LogP contribution in [0.25, 0.3) is 16.5 Å². The molecule has 5 aromatic rings. The van der Waals surface area contributed by atoms with E-state index in [-0.39, 0.29) is 11.7 Å². The number of imidazole rings is 1. The number of nitrogens with zero attached hydrogens (tertiary/aromatic N) is 4. The first-order chi connectivity index (χ1) is 14.7. The number of fused-ring (bicyclic) bond motifs is 3. The van der Waals surface area contributed by atoms with Crippen LogP contribution in [0.15, 0.2) is 65.6 Å². The van der Waals surface area contributed by atoms with Crippen molar-refractivity contribution in [3.63, 3.8) is 0 Å². The van der Waals surface area contributed by atoms with Crippen LogP contribution in [0.1, 0.15) is 33.5 Å². The first-order valence-electron chi connectivity index (χ1n) is 9.63. The third kappa shape index (κ3) is 2.46. The SMILES string of the molecule is O=C(c1cnn2ccccc12)N1CCc2[nH]cnc2[C@@H]1c1cc2cc(F)ccc2o1. The number of aromatic amines is 1.